The highest BCUT2D eigenvalue weighted by Crippen LogP contribution is 2.36. The smallest absolute Gasteiger partial charge is 0.253 e. The van der Waals surface area contributed by atoms with E-state index < -0.39 is 5.60 Å². The molecule has 1 saturated carbocycles. The summed E-state index contributed by atoms with van der Waals surface area (Å²) < 4.78 is 5.62. The Morgan fingerprint density at radius 1 is 1.21 bits per heavy atom. The molecule has 24 heavy (non-hydrogen) atoms. The number of benzene rings is 1. The highest BCUT2D eigenvalue weighted by molar-refractivity contribution is 5.85. The minimum Gasteiger partial charge on any atom is -0.364 e. The summed E-state index contributed by atoms with van der Waals surface area (Å²) in [5.74, 6) is 1.42. The van der Waals surface area contributed by atoms with Crippen LogP contribution in [0.3, 0.4) is 0 Å². The maximum absolute atomic E-state index is 12.4. The van der Waals surface area contributed by atoms with Gasteiger partial charge in [-0.05, 0) is 62.3 Å². The van der Waals surface area contributed by atoms with Crippen LogP contribution in [0, 0.1) is 5.92 Å². The molecule has 1 saturated heterocycles. The summed E-state index contributed by atoms with van der Waals surface area (Å²) in [5.41, 5.74) is 6.49. The van der Waals surface area contributed by atoms with Crippen LogP contribution in [0.5, 0.6) is 0 Å². The SMILES string of the molecule is NCC1(C(=O)NCCC2CCC(c3ccccc3)CC2)CCCO1. The molecule has 1 aromatic rings. The van der Waals surface area contributed by atoms with E-state index in [0.717, 1.165) is 31.7 Å². The van der Waals surface area contributed by atoms with Crippen LogP contribution < -0.4 is 11.1 Å². The van der Waals surface area contributed by atoms with Gasteiger partial charge in [-0.2, -0.15) is 0 Å². The van der Waals surface area contributed by atoms with Crippen LogP contribution in [0.15, 0.2) is 30.3 Å². The molecular weight excluding hydrogens is 300 g/mol. The minimum atomic E-state index is -0.759. The topological polar surface area (TPSA) is 64.4 Å². The fourth-order valence-corrected chi connectivity index (χ4v) is 4.19. The third kappa shape index (κ3) is 3.98. The Hall–Kier alpha value is -1.39. The molecule has 0 radical (unpaired) electrons. The van der Waals surface area contributed by atoms with Gasteiger partial charge in [0, 0.05) is 19.7 Å². The lowest BCUT2D eigenvalue weighted by Crippen LogP contribution is -2.51. The summed E-state index contributed by atoms with van der Waals surface area (Å²) in [7, 11) is 0. The second-order valence-electron chi connectivity index (χ2n) is 7.32. The van der Waals surface area contributed by atoms with Gasteiger partial charge in [0.2, 0.25) is 0 Å². The van der Waals surface area contributed by atoms with E-state index in [0.29, 0.717) is 12.5 Å². The Morgan fingerprint density at radius 3 is 2.58 bits per heavy atom. The number of amides is 1. The first-order valence-electron chi connectivity index (χ1n) is 9.41. The Labute approximate surface area is 145 Å². The summed E-state index contributed by atoms with van der Waals surface area (Å²) in [6.45, 7) is 1.67. The first-order valence-corrected chi connectivity index (χ1v) is 9.41. The van der Waals surface area contributed by atoms with Gasteiger partial charge in [-0.15, -0.1) is 0 Å². The molecule has 2 fully saturated rings. The Balaban J connectivity index is 1.39. The predicted molar refractivity (Wildman–Crippen MR) is 95.7 cm³/mol. The third-order valence-electron chi connectivity index (χ3n) is 5.80. The average molecular weight is 330 g/mol. The minimum absolute atomic E-state index is 0.0135. The van der Waals surface area contributed by atoms with Crippen molar-refractivity contribution in [3.05, 3.63) is 35.9 Å². The van der Waals surface area contributed by atoms with Gasteiger partial charge in [0.25, 0.3) is 5.91 Å². The van der Waals surface area contributed by atoms with E-state index in [1.807, 2.05) is 0 Å². The summed E-state index contributed by atoms with van der Waals surface area (Å²) in [4.78, 5) is 12.4. The molecule has 132 valence electrons. The molecule has 1 amide bonds. The molecule has 1 heterocycles. The third-order valence-corrected chi connectivity index (χ3v) is 5.80. The van der Waals surface area contributed by atoms with Gasteiger partial charge in [-0.1, -0.05) is 30.3 Å². The molecule has 1 aliphatic heterocycles. The fourth-order valence-electron chi connectivity index (χ4n) is 4.19. The van der Waals surface area contributed by atoms with Crippen molar-refractivity contribution < 1.29 is 9.53 Å². The summed E-state index contributed by atoms with van der Waals surface area (Å²) in [5, 5.41) is 3.06. The van der Waals surface area contributed by atoms with Gasteiger partial charge in [-0.25, -0.2) is 0 Å². The van der Waals surface area contributed by atoms with E-state index in [-0.39, 0.29) is 12.5 Å². The second kappa shape index (κ2) is 8.13. The number of nitrogens with two attached hydrogens (primary N) is 1. The van der Waals surface area contributed by atoms with Crippen molar-refractivity contribution >= 4 is 5.91 Å². The number of hydrogen-bond acceptors (Lipinski definition) is 3. The number of carbonyl (C=O) groups excluding carboxylic acids is 1. The Morgan fingerprint density at radius 2 is 1.96 bits per heavy atom. The maximum Gasteiger partial charge on any atom is 0.253 e. The zero-order valence-electron chi connectivity index (χ0n) is 14.5. The molecule has 1 aromatic carbocycles. The molecule has 0 spiro atoms. The van der Waals surface area contributed by atoms with E-state index in [1.54, 1.807) is 0 Å². The van der Waals surface area contributed by atoms with Crippen molar-refractivity contribution in [2.24, 2.45) is 11.7 Å². The monoisotopic (exact) mass is 330 g/mol. The van der Waals surface area contributed by atoms with Crippen molar-refractivity contribution in [1.82, 2.24) is 5.32 Å². The van der Waals surface area contributed by atoms with Crippen LogP contribution in [0.2, 0.25) is 0 Å². The highest BCUT2D eigenvalue weighted by atomic mass is 16.5. The molecule has 4 nitrogen and oxygen atoms in total. The van der Waals surface area contributed by atoms with Gasteiger partial charge in [0.15, 0.2) is 5.60 Å². The Kier molecular flexibility index (Phi) is 5.90. The van der Waals surface area contributed by atoms with Crippen molar-refractivity contribution in [3.8, 4) is 0 Å². The molecule has 0 bridgehead atoms. The van der Waals surface area contributed by atoms with E-state index >= 15 is 0 Å². The lowest BCUT2D eigenvalue weighted by Gasteiger charge is -2.29. The van der Waals surface area contributed by atoms with Gasteiger partial charge in [0.1, 0.15) is 0 Å². The van der Waals surface area contributed by atoms with Crippen LogP contribution in [-0.4, -0.2) is 31.2 Å². The lowest BCUT2D eigenvalue weighted by molar-refractivity contribution is -0.140. The van der Waals surface area contributed by atoms with Gasteiger partial charge in [-0.3, -0.25) is 4.79 Å². The zero-order chi connectivity index (χ0) is 16.8. The highest BCUT2D eigenvalue weighted by Gasteiger charge is 2.41. The van der Waals surface area contributed by atoms with Crippen LogP contribution in [0.1, 0.15) is 56.4 Å². The average Bonchev–Trinajstić information content (AvgIpc) is 3.13. The van der Waals surface area contributed by atoms with Crippen molar-refractivity contribution in [3.63, 3.8) is 0 Å². The standard InChI is InChI=1S/C20H30N2O2/c21-15-20(12-4-14-24-20)19(23)22-13-11-16-7-9-18(10-8-16)17-5-2-1-3-6-17/h1-3,5-6,16,18H,4,7-15,21H2,(H,22,23). The van der Waals surface area contributed by atoms with Crippen LogP contribution >= 0.6 is 0 Å². The van der Waals surface area contributed by atoms with Crippen LogP contribution in [0.4, 0.5) is 0 Å². The van der Waals surface area contributed by atoms with Crippen molar-refractivity contribution in [1.29, 1.82) is 0 Å². The number of ether oxygens (including phenoxy) is 1. The molecule has 1 atom stereocenters. The van der Waals surface area contributed by atoms with Crippen molar-refractivity contribution in [2.45, 2.75) is 56.5 Å². The van der Waals surface area contributed by atoms with Crippen molar-refractivity contribution in [2.75, 3.05) is 19.7 Å². The van der Waals surface area contributed by atoms with Gasteiger partial charge >= 0.3 is 0 Å². The van der Waals surface area contributed by atoms with Gasteiger partial charge in [0.05, 0.1) is 0 Å². The molecule has 4 heteroatoms. The first kappa shape index (κ1) is 17.4. The predicted octanol–water partition coefficient (Wildman–Crippen LogP) is 2.97. The van der Waals surface area contributed by atoms with E-state index in [2.05, 4.69) is 35.6 Å². The normalized spacial score (nSPS) is 30.2. The summed E-state index contributed by atoms with van der Waals surface area (Å²) in [6, 6.07) is 10.8. The van der Waals surface area contributed by atoms with E-state index in [4.69, 9.17) is 10.5 Å². The van der Waals surface area contributed by atoms with E-state index in [1.165, 1.54) is 31.2 Å². The van der Waals surface area contributed by atoms with E-state index in [9.17, 15) is 4.79 Å². The largest absolute Gasteiger partial charge is 0.364 e. The second-order valence-corrected chi connectivity index (χ2v) is 7.32. The quantitative estimate of drug-likeness (QED) is 0.843. The molecular formula is C20H30N2O2. The number of carbonyl (C=O) groups is 1. The van der Waals surface area contributed by atoms with Crippen LogP contribution in [0.25, 0.3) is 0 Å². The fraction of sp³-hybridized carbons (Fsp3) is 0.650. The number of rotatable bonds is 6. The first-order chi connectivity index (χ1) is 11.7. The molecule has 0 aromatic heterocycles. The zero-order valence-corrected chi connectivity index (χ0v) is 14.5. The van der Waals surface area contributed by atoms with Gasteiger partial charge < -0.3 is 15.8 Å². The Bertz CT molecular complexity index is 518. The molecule has 3 N–H and O–H groups in total. The maximum atomic E-state index is 12.4. The number of hydrogen-bond donors (Lipinski definition) is 2. The molecule has 1 aliphatic carbocycles. The molecule has 2 aliphatic rings. The molecule has 1 unspecified atom stereocenters. The lowest BCUT2D eigenvalue weighted by atomic mass is 9.77. The van der Waals surface area contributed by atoms with Crippen LogP contribution in [-0.2, 0) is 9.53 Å². The summed E-state index contributed by atoms with van der Waals surface area (Å²) >= 11 is 0. The summed E-state index contributed by atoms with van der Waals surface area (Å²) in [6.07, 6.45) is 7.78. The molecule has 3 rings (SSSR count). The number of nitrogens with one attached hydrogen (secondary N) is 1.